The summed E-state index contributed by atoms with van der Waals surface area (Å²) < 4.78 is 0. The summed E-state index contributed by atoms with van der Waals surface area (Å²) >= 11 is 6.14. The van der Waals surface area contributed by atoms with Gasteiger partial charge in [0, 0.05) is 43.4 Å². The summed E-state index contributed by atoms with van der Waals surface area (Å²) in [6, 6.07) is 12.8. The number of nitrogens with one attached hydrogen (secondary N) is 1. The summed E-state index contributed by atoms with van der Waals surface area (Å²) in [4.78, 5) is 7.00. The van der Waals surface area contributed by atoms with E-state index in [-0.39, 0.29) is 12.4 Å². The van der Waals surface area contributed by atoms with Crippen LogP contribution in [-0.4, -0.2) is 29.5 Å². The molecule has 1 fully saturated rings. The molecule has 3 rings (SSSR count). The molecule has 1 aliphatic rings. The quantitative estimate of drug-likeness (QED) is 0.927. The van der Waals surface area contributed by atoms with Crippen LogP contribution in [0.2, 0.25) is 5.02 Å². The van der Waals surface area contributed by atoms with Crippen molar-refractivity contribution in [3.8, 4) is 0 Å². The molecule has 0 saturated carbocycles. The Kier molecular flexibility index (Phi) is 6.21. The number of benzene rings is 1. The molecular weight excluding hydrogens is 317 g/mol. The monoisotopic (exact) mass is 337 g/mol. The van der Waals surface area contributed by atoms with Crippen molar-refractivity contribution < 1.29 is 0 Å². The van der Waals surface area contributed by atoms with Gasteiger partial charge in [0.1, 0.15) is 0 Å². The van der Waals surface area contributed by atoms with Crippen LogP contribution < -0.4 is 5.32 Å². The highest BCUT2D eigenvalue weighted by Crippen LogP contribution is 2.25. The zero-order valence-corrected chi connectivity index (χ0v) is 14.2. The zero-order valence-electron chi connectivity index (χ0n) is 12.6. The van der Waals surface area contributed by atoms with Crippen LogP contribution in [0.5, 0.6) is 0 Å². The van der Waals surface area contributed by atoms with Crippen molar-refractivity contribution in [1.29, 1.82) is 0 Å². The number of nitrogens with zero attached hydrogens (tertiary/aromatic N) is 2. The molecule has 0 amide bonds. The van der Waals surface area contributed by atoms with Crippen LogP contribution in [0.3, 0.4) is 0 Å². The van der Waals surface area contributed by atoms with Gasteiger partial charge in [-0.2, -0.15) is 0 Å². The molecule has 2 heterocycles. The van der Waals surface area contributed by atoms with Crippen LogP contribution in [-0.2, 0) is 6.54 Å². The molecule has 1 atom stereocenters. The van der Waals surface area contributed by atoms with Crippen LogP contribution in [0.25, 0.3) is 0 Å². The summed E-state index contributed by atoms with van der Waals surface area (Å²) in [6.07, 6.45) is 1.94. The van der Waals surface area contributed by atoms with Crippen LogP contribution in [0, 0.1) is 6.92 Å². The maximum absolute atomic E-state index is 6.14. The van der Waals surface area contributed by atoms with Crippen LogP contribution >= 0.6 is 24.0 Å². The third-order valence-electron chi connectivity index (χ3n) is 3.93. The van der Waals surface area contributed by atoms with E-state index in [9.17, 15) is 0 Å². The largest absolute Gasteiger partial charge is 0.314 e. The first-order valence-electron chi connectivity index (χ1n) is 7.34. The van der Waals surface area contributed by atoms with Gasteiger partial charge in [-0.05, 0) is 36.2 Å². The van der Waals surface area contributed by atoms with Crippen LogP contribution in [0.1, 0.15) is 22.9 Å². The molecule has 0 aliphatic carbocycles. The second kappa shape index (κ2) is 7.93. The minimum atomic E-state index is 0. The summed E-state index contributed by atoms with van der Waals surface area (Å²) in [5, 5.41) is 4.27. The van der Waals surface area contributed by atoms with E-state index in [4.69, 9.17) is 11.6 Å². The Morgan fingerprint density at radius 1 is 1.32 bits per heavy atom. The third-order valence-corrected chi connectivity index (χ3v) is 4.16. The Morgan fingerprint density at radius 3 is 2.91 bits per heavy atom. The Bertz CT molecular complexity index is 601. The van der Waals surface area contributed by atoms with Gasteiger partial charge in [-0.15, -0.1) is 12.4 Å². The molecule has 0 spiro atoms. The fraction of sp³-hybridized carbons (Fsp3) is 0.353. The van der Waals surface area contributed by atoms with E-state index < -0.39 is 0 Å². The van der Waals surface area contributed by atoms with Gasteiger partial charge in [-0.1, -0.05) is 29.8 Å². The lowest BCUT2D eigenvalue weighted by Crippen LogP contribution is -2.45. The van der Waals surface area contributed by atoms with Gasteiger partial charge >= 0.3 is 0 Å². The van der Waals surface area contributed by atoms with E-state index in [1.165, 1.54) is 11.1 Å². The van der Waals surface area contributed by atoms with Crippen molar-refractivity contribution in [2.75, 3.05) is 19.6 Å². The van der Waals surface area contributed by atoms with Gasteiger partial charge in [-0.3, -0.25) is 9.88 Å². The fourth-order valence-electron chi connectivity index (χ4n) is 2.78. The lowest BCUT2D eigenvalue weighted by Gasteiger charge is -2.36. The SMILES string of the molecule is Cc1ccc(CN2CCNCC2c2cccc(Cl)c2)nc1.Cl. The van der Waals surface area contributed by atoms with Crippen molar-refractivity contribution in [3.63, 3.8) is 0 Å². The van der Waals surface area contributed by atoms with E-state index >= 15 is 0 Å². The van der Waals surface area contributed by atoms with Gasteiger partial charge < -0.3 is 5.32 Å². The van der Waals surface area contributed by atoms with Crippen LogP contribution in [0.15, 0.2) is 42.6 Å². The number of halogens is 2. The number of aryl methyl sites for hydroxylation is 1. The second-order valence-electron chi connectivity index (χ2n) is 5.57. The Morgan fingerprint density at radius 2 is 2.18 bits per heavy atom. The molecular formula is C17H21Cl2N3. The summed E-state index contributed by atoms with van der Waals surface area (Å²) in [7, 11) is 0. The highest BCUT2D eigenvalue weighted by Gasteiger charge is 2.24. The Balaban J connectivity index is 0.00000176. The zero-order chi connectivity index (χ0) is 14.7. The first-order valence-corrected chi connectivity index (χ1v) is 7.72. The smallest absolute Gasteiger partial charge is 0.0544 e. The van der Waals surface area contributed by atoms with Gasteiger partial charge in [0.05, 0.1) is 5.69 Å². The molecule has 22 heavy (non-hydrogen) atoms. The van der Waals surface area contributed by atoms with E-state index in [0.717, 1.165) is 36.9 Å². The van der Waals surface area contributed by atoms with E-state index in [1.807, 2.05) is 18.3 Å². The van der Waals surface area contributed by atoms with Crippen molar-refractivity contribution in [2.45, 2.75) is 19.5 Å². The second-order valence-corrected chi connectivity index (χ2v) is 6.01. The van der Waals surface area contributed by atoms with Crippen molar-refractivity contribution >= 4 is 24.0 Å². The van der Waals surface area contributed by atoms with Gasteiger partial charge in [-0.25, -0.2) is 0 Å². The highest BCUT2D eigenvalue weighted by atomic mass is 35.5. The molecule has 1 unspecified atom stereocenters. The summed E-state index contributed by atoms with van der Waals surface area (Å²) in [6.45, 7) is 5.93. The minimum absolute atomic E-state index is 0. The number of piperazine rings is 1. The molecule has 0 radical (unpaired) electrons. The van der Waals surface area contributed by atoms with Gasteiger partial charge in [0.2, 0.25) is 0 Å². The first kappa shape index (κ1) is 17.2. The third kappa shape index (κ3) is 4.20. The van der Waals surface area contributed by atoms with E-state index in [0.29, 0.717) is 6.04 Å². The number of hydrogen-bond acceptors (Lipinski definition) is 3. The molecule has 1 aromatic heterocycles. The molecule has 1 saturated heterocycles. The summed E-state index contributed by atoms with van der Waals surface area (Å²) in [5.41, 5.74) is 3.58. The van der Waals surface area contributed by atoms with Crippen molar-refractivity contribution in [1.82, 2.24) is 15.2 Å². The normalized spacial score (nSPS) is 18.7. The maximum atomic E-state index is 6.14. The fourth-order valence-corrected chi connectivity index (χ4v) is 2.98. The van der Waals surface area contributed by atoms with Crippen LogP contribution in [0.4, 0.5) is 0 Å². The molecule has 1 aliphatic heterocycles. The van der Waals surface area contributed by atoms with E-state index in [2.05, 4.69) is 46.4 Å². The molecule has 0 bridgehead atoms. The van der Waals surface area contributed by atoms with Crippen molar-refractivity contribution in [3.05, 3.63) is 64.4 Å². The predicted molar refractivity (Wildman–Crippen MR) is 93.7 cm³/mol. The highest BCUT2D eigenvalue weighted by molar-refractivity contribution is 6.30. The number of hydrogen-bond donors (Lipinski definition) is 1. The topological polar surface area (TPSA) is 28.2 Å². The molecule has 2 aromatic rings. The Hall–Kier alpha value is -1.13. The Labute approximate surface area is 143 Å². The average molecular weight is 338 g/mol. The predicted octanol–water partition coefficient (Wildman–Crippen LogP) is 3.61. The molecule has 1 N–H and O–H groups in total. The number of pyridine rings is 1. The maximum Gasteiger partial charge on any atom is 0.0544 e. The minimum Gasteiger partial charge on any atom is -0.314 e. The van der Waals surface area contributed by atoms with Crippen molar-refractivity contribution in [2.24, 2.45) is 0 Å². The van der Waals surface area contributed by atoms with Gasteiger partial charge in [0.25, 0.3) is 0 Å². The average Bonchev–Trinajstić information content (AvgIpc) is 2.50. The standard InChI is InChI=1S/C17H20ClN3.ClH/c1-13-5-6-16(20-10-13)12-21-8-7-19-11-17(21)14-3-2-4-15(18)9-14;/h2-6,9-10,17,19H,7-8,11-12H2,1H3;1H. The first-order chi connectivity index (χ1) is 10.2. The molecule has 5 heteroatoms. The molecule has 1 aromatic carbocycles. The molecule has 3 nitrogen and oxygen atoms in total. The number of aromatic nitrogens is 1. The lowest BCUT2D eigenvalue weighted by atomic mass is 10.0. The number of rotatable bonds is 3. The van der Waals surface area contributed by atoms with E-state index in [1.54, 1.807) is 0 Å². The summed E-state index contributed by atoms with van der Waals surface area (Å²) in [5.74, 6) is 0. The molecule has 118 valence electrons. The lowest BCUT2D eigenvalue weighted by molar-refractivity contribution is 0.152. The van der Waals surface area contributed by atoms with Gasteiger partial charge in [0.15, 0.2) is 0 Å².